The Kier molecular flexibility index (Phi) is 7.01. The van der Waals surface area contributed by atoms with Crippen LogP contribution in [0, 0.1) is 0 Å². The molecule has 0 unspecified atom stereocenters. The quantitative estimate of drug-likeness (QED) is 0.587. The molecule has 0 aromatic heterocycles. The Morgan fingerprint density at radius 3 is 1.64 bits per heavy atom. The standard InChI is InChI=1S/C20H26OS/c1-3-5-9-17-11-7-13-19(15-17)22(21)20-14-8-12-18(16-20)10-6-4-2/h7-8,11-16H,3-6,9-10H2,1-2H3. The van der Waals surface area contributed by atoms with E-state index < -0.39 is 11.2 Å². The molecule has 0 heterocycles. The van der Waals surface area contributed by atoms with E-state index in [2.05, 4.69) is 38.1 Å². The maximum Gasteiger partial charge on any atom is 0.158 e. The van der Waals surface area contributed by atoms with Gasteiger partial charge in [0.1, 0.15) is 0 Å². The number of hydrogen-bond donors (Lipinski definition) is 0. The molecular formula is C20H26OS. The first kappa shape index (κ1) is 17.1. The van der Waals surface area contributed by atoms with Gasteiger partial charge in [-0.05, 0) is 61.1 Å². The van der Waals surface area contributed by atoms with Crippen molar-refractivity contribution < 1.29 is 4.55 Å². The highest BCUT2D eigenvalue weighted by Gasteiger charge is 2.15. The molecular weight excluding hydrogens is 288 g/mol. The number of benzene rings is 2. The van der Waals surface area contributed by atoms with Crippen LogP contribution in [0.4, 0.5) is 0 Å². The van der Waals surface area contributed by atoms with Crippen LogP contribution in [0.15, 0.2) is 58.3 Å². The Labute approximate surface area is 138 Å². The molecule has 2 rings (SSSR count). The van der Waals surface area contributed by atoms with Gasteiger partial charge in [0.25, 0.3) is 0 Å². The lowest BCUT2D eigenvalue weighted by Crippen LogP contribution is -2.03. The molecule has 0 amide bonds. The lowest BCUT2D eigenvalue weighted by Gasteiger charge is -2.12. The number of hydrogen-bond acceptors (Lipinski definition) is 1. The van der Waals surface area contributed by atoms with Gasteiger partial charge in [-0.3, -0.25) is 0 Å². The molecule has 0 atom stereocenters. The van der Waals surface area contributed by atoms with Gasteiger partial charge in [0.05, 0.1) is 0 Å². The summed E-state index contributed by atoms with van der Waals surface area (Å²) in [5.41, 5.74) is 2.57. The summed E-state index contributed by atoms with van der Waals surface area (Å²) in [4.78, 5) is 1.84. The average molecular weight is 314 g/mol. The summed E-state index contributed by atoms with van der Waals surface area (Å²) in [5.74, 6) is 0. The van der Waals surface area contributed by atoms with Crippen LogP contribution in [-0.4, -0.2) is 4.55 Å². The largest absolute Gasteiger partial charge is 0.606 e. The summed E-state index contributed by atoms with van der Waals surface area (Å²) in [7, 11) is 0. The Morgan fingerprint density at radius 2 is 1.23 bits per heavy atom. The summed E-state index contributed by atoms with van der Waals surface area (Å²) in [6, 6.07) is 16.5. The maximum atomic E-state index is 12.8. The third-order valence-corrected chi connectivity index (χ3v) is 5.23. The molecule has 118 valence electrons. The molecule has 0 saturated heterocycles. The summed E-state index contributed by atoms with van der Waals surface area (Å²) in [5, 5.41) is 0. The normalized spacial score (nSPS) is 11.1. The van der Waals surface area contributed by atoms with E-state index in [4.69, 9.17) is 0 Å². The van der Waals surface area contributed by atoms with E-state index in [1.165, 1.54) is 36.8 Å². The topological polar surface area (TPSA) is 23.1 Å². The van der Waals surface area contributed by atoms with Gasteiger partial charge in [-0.25, -0.2) is 0 Å². The third-order valence-electron chi connectivity index (χ3n) is 3.86. The first-order valence-corrected chi connectivity index (χ1v) is 9.49. The average Bonchev–Trinajstić information content (AvgIpc) is 2.58. The molecule has 0 aliphatic rings. The molecule has 2 aromatic carbocycles. The van der Waals surface area contributed by atoms with Crippen molar-refractivity contribution in [1.29, 1.82) is 0 Å². The lowest BCUT2D eigenvalue weighted by atomic mass is 10.1. The van der Waals surface area contributed by atoms with Gasteiger partial charge >= 0.3 is 0 Å². The smallest absolute Gasteiger partial charge is 0.158 e. The van der Waals surface area contributed by atoms with Gasteiger partial charge in [-0.2, -0.15) is 0 Å². The summed E-state index contributed by atoms with van der Waals surface area (Å²) in [6.07, 6.45) is 6.88. The zero-order valence-electron chi connectivity index (χ0n) is 13.7. The van der Waals surface area contributed by atoms with Gasteiger partial charge in [-0.1, -0.05) is 51.0 Å². The van der Waals surface area contributed by atoms with E-state index in [0.29, 0.717) is 0 Å². The molecule has 2 heteroatoms. The monoisotopic (exact) mass is 314 g/mol. The van der Waals surface area contributed by atoms with Crippen LogP contribution in [0.3, 0.4) is 0 Å². The molecule has 0 fully saturated rings. The van der Waals surface area contributed by atoms with Crippen LogP contribution >= 0.6 is 0 Å². The van der Waals surface area contributed by atoms with E-state index in [9.17, 15) is 4.55 Å². The highest BCUT2D eigenvalue weighted by atomic mass is 32.2. The molecule has 0 spiro atoms. The molecule has 0 N–H and O–H groups in total. The van der Waals surface area contributed by atoms with Crippen molar-refractivity contribution in [3.8, 4) is 0 Å². The number of unbranched alkanes of at least 4 members (excludes halogenated alkanes) is 2. The van der Waals surface area contributed by atoms with Crippen molar-refractivity contribution in [3.05, 3.63) is 59.7 Å². The molecule has 2 aromatic rings. The number of rotatable bonds is 8. The fourth-order valence-corrected chi connectivity index (χ4v) is 3.72. The summed E-state index contributed by atoms with van der Waals surface area (Å²) in [6.45, 7) is 4.40. The maximum absolute atomic E-state index is 12.8. The molecule has 0 radical (unpaired) electrons. The van der Waals surface area contributed by atoms with Crippen LogP contribution in [0.1, 0.15) is 50.7 Å². The van der Waals surface area contributed by atoms with Crippen LogP contribution < -0.4 is 0 Å². The van der Waals surface area contributed by atoms with Gasteiger partial charge < -0.3 is 4.55 Å². The predicted molar refractivity (Wildman–Crippen MR) is 94.8 cm³/mol. The fourth-order valence-electron chi connectivity index (χ4n) is 2.53. The highest BCUT2D eigenvalue weighted by Crippen LogP contribution is 2.23. The third kappa shape index (κ3) is 4.89. The first-order chi connectivity index (χ1) is 10.7. The number of aryl methyl sites for hydroxylation is 2. The second-order valence-electron chi connectivity index (χ2n) is 5.77. The first-order valence-electron chi connectivity index (χ1n) is 8.34. The van der Waals surface area contributed by atoms with Crippen LogP contribution in [0.2, 0.25) is 0 Å². The van der Waals surface area contributed by atoms with Gasteiger partial charge in [0, 0.05) is 11.2 Å². The molecule has 22 heavy (non-hydrogen) atoms. The predicted octanol–water partition coefficient (Wildman–Crippen LogP) is 5.54. The van der Waals surface area contributed by atoms with Crippen molar-refractivity contribution in [2.45, 2.75) is 62.2 Å². The Balaban J connectivity index is 2.14. The SMILES string of the molecule is CCCCc1cccc([S+]([O-])c2cccc(CCCC)c2)c1. The van der Waals surface area contributed by atoms with Gasteiger partial charge in [0.2, 0.25) is 0 Å². The van der Waals surface area contributed by atoms with Crippen LogP contribution in [0.25, 0.3) is 0 Å². The van der Waals surface area contributed by atoms with E-state index in [0.717, 1.165) is 22.6 Å². The minimum absolute atomic E-state index is 0.918. The van der Waals surface area contributed by atoms with E-state index >= 15 is 0 Å². The van der Waals surface area contributed by atoms with Crippen molar-refractivity contribution >= 4 is 11.2 Å². The minimum Gasteiger partial charge on any atom is -0.606 e. The van der Waals surface area contributed by atoms with Crippen molar-refractivity contribution in [3.63, 3.8) is 0 Å². The molecule has 0 bridgehead atoms. The van der Waals surface area contributed by atoms with Gasteiger partial charge in [-0.15, -0.1) is 0 Å². The van der Waals surface area contributed by atoms with Crippen molar-refractivity contribution in [2.24, 2.45) is 0 Å². The fraction of sp³-hybridized carbons (Fsp3) is 0.400. The second kappa shape index (κ2) is 9.02. The van der Waals surface area contributed by atoms with E-state index in [1.54, 1.807) is 0 Å². The van der Waals surface area contributed by atoms with Crippen molar-refractivity contribution in [1.82, 2.24) is 0 Å². The molecule has 0 aliphatic heterocycles. The summed E-state index contributed by atoms with van der Waals surface area (Å²) < 4.78 is 12.8. The Morgan fingerprint density at radius 1 is 0.773 bits per heavy atom. The molecule has 0 saturated carbocycles. The zero-order valence-corrected chi connectivity index (χ0v) is 14.5. The summed E-state index contributed by atoms with van der Waals surface area (Å²) >= 11 is -1.08. The van der Waals surface area contributed by atoms with E-state index in [1.807, 2.05) is 24.3 Å². The Bertz CT molecular complexity index is 528. The van der Waals surface area contributed by atoms with Crippen LogP contribution in [-0.2, 0) is 24.0 Å². The van der Waals surface area contributed by atoms with E-state index in [-0.39, 0.29) is 0 Å². The van der Waals surface area contributed by atoms with Crippen LogP contribution in [0.5, 0.6) is 0 Å². The zero-order chi connectivity index (χ0) is 15.8. The molecule has 1 nitrogen and oxygen atoms in total. The van der Waals surface area contributed by atoms with Gasteiger partial charge in [0.15, 0.2) is 9.79 Å². The highest BCUT2D eigenvalue weighted by molar-refractivity contribution is 7.91. The molecule has 0 aliphatic carbocycles. The second-order valence-corrected chi connectivity index (χ2v) is 7.25. The Hall–Kier alpha value is -1.25. The van der Waals surface area contributed by atoms with Crippen molar-refractivity contribution in [2.75, 3.05) is 0 Å². The minimum atomic E-state index is -1.08. The lowest BCUT2D eigenvalue weighted by molar-refractivity contribution is 0.594.